The van der Waals surface area contributed by atoms with E-state index in [9.17, 15) is 10.1 Å². The third-order valence-electron chi connectivity index (χ3n) is 2.85. The average Bonchev–Trinajstić information content (AvgIpc) is 2.27. The molecule has 94 valence electrons. The number of benzene rings is 1. The molecule has 0 saturated heterocycles. The van der Waals surface area contributed by atoms with E-state index in [1.165, 1.54) is 6.07 Å². The van der Waals surface area contributed by atoms with Crippen LogP contribution in [0.3, 0.4) is 0 Å². The Hall–Kier alpha value is -1.62. The fourth-order valence-corrected chi connectivity index (χ4v) is 1.72. The Kier molecular flexibility index (Phi) is 4.45. The molecule has 0 saturated carbocycles. The Morgan fingerprint density at radius 2 is 2.12 bits per heavy atom. The molecule has 5 nitrogen and oxygen atoms in total. The lowest BCUT2D eigenvalue weighted by Gasteiger charge is -2.25. The molecule has 2 N–H and O–H groups in total. The first-order valence-corrected chi connectivity index (χ1v) is 5.72. The second kappa shape index (κ2) is 5.63. The summed E-state index contributed by atoms with van der Waals surface area (Å²) < 4.78 is 0. The average molecular weight is 237 g/mol. The van der Waals surface area contributed by atoms with Crippen LogP contribution in [0.2, 0.25) is 0 Å². The van der Waals surface area contributed by atoms with Crippen LogP contribution in [-0.4, -0.2) is 22.4 Å². The summed E-state index contributed by atoms with van der Waals surface area (Å²) in [7, 11) is 0. The molecule has 0 aromatic heterocycles. The highest BCUT2D eigenvalue weighted by atomic mass is 16.6. The van der Waals surface area contributed by atoms with Crippen molar-refractivity contribution in [1.29, 1.82) is 0 Å². The fraction of sp³-hybridized carbons (Fsp3) is 0.500. The van der Waals surface area contributed by atoms with E-state index in [2.05, 4.69) is 25.7 Å². The highest BCUT2D eigenvalue weighted by molar-refractivity contribution is 5.52. The van der Waals surface area contributed by atoms with Gasteiger partial charge in [0.1, 0.15) is 0 Å². The third-order valence-corrected chi connectivity index (χ3v) is 2.85. The molecule has 1 aromatic carbocycles. The molecule has 0 amide bonds. The SMILES string of the molecule is CCN(Cc1cc([N+](=O)[O-])ccc1N)C(C)C. The summed E-state index contributed by atoms with van der Waals surface area (Å²) in [6, 6.07) is 4.98. The van der Waals surface area contributed by atoms with Gasteiger partial charge in [0.2, 0.25) is 0 Å². The van der Waals surface area contributed by atoms with Crippen molar-refractivity contribution in [2.75, 3.05) is 12.3 Å². The topological polar surface area (TPSA) is 72.4 Å². The second-order valence-electron chi connectivity index (χ2n) is 4.30. The van der Waals surface area contributed by atoms with Gasteiger partial charge < -0.3 is 5.73 Å². The van der Waals surface area contributed by atoms with Crippen LogP contribution in [0, 0.1) is 10.1 Å². The minimum Gasteiger partial charge on any atom is -0.398 e. The molecule has 0 heterocycles. The minimum absolute atomic E-state index is 0.0917. The molecule has 0 bridgehead atoms. The maximum Gasteiger partial charge on any atom is 0.269 e. The molecule has 0 unspecified atom stereocenters. The smallest absolute Gasteiger partial charge is 0.269 e. The van der Waals surface area contributed by atoms with Gasteiger partial charge in [-0.1, -0.05) is 6.92 Å². The lowest BCUT2D eigenvalue weighted by atomic mass is 10.1. The zero-order valence-corrected chi connectivity index (χ0v) is 10.5. The van der Waals surface area contributed by atoms with Crippen molar-refractivity contribution in [3.63, 3.8) is 0 Å². The highest BCUT2D eigenvalue weighted by Crippen LogP contribution is 2.21. The van der Waals surface area contributed by atoms with Crippen LogP contribution in [0.1, 0.15) is 26.3 Å². The molecule has 0 aliphatic rings. The number of rotatable bonds is 5. The van der Waals surface area contributed by atoms with Gasteiger partial charge in [-0.15, -0.1) is 0 Å². The lowest BCUT2D eigenvalue weighted by molar-refractivity contribution is -0.384. The number of nitrogens with zero attached hydrogens (tertiary/aromatic N) is 2. The van der Waals surface area contributed by atoms with Crippen LogP contribution in [0.15, 0.2) is 18.2 Å². The molecule has 0 fully saturated rings. The van der Waals surface area contributed by atoms with E-state index in [-0.39, 0.29) is 5.69 Å². The quantitative estimate of drug-likeness (QED) is 0.485. The number of nitrogens with two attached hydrogens (primary N) is 1. The third kappa shape index (κ3) is 3.42. The molecule has 1 rings (SSSR count). The van der Waals surface area contributed by atoms with E-state index in [1.807, 2.05) is 0 Å². The Bertz CT molecular complexity index is 405. The van der Waals surface area contributed by atoms with Crippen molar-refractivity contribution in [2.45, 2.75) is 33.4 Å². The van der Waals surface area contributed by atoms with Crippen molar-refractivity contribution in [2.24, 2.45) is 0 Å². The molecule has 0 atom stereocenters. The molecule has 0 aliphatic carbocycles. The Morgan fingerprint density at radius 1 is 1.47 bits per heavy atom. The summed E-state index contributed by atoms with van der Waals surface area (Å²) in [4.78, 5) is 12.5. The first-order valence-electron chi connectivity index (χ1n) is 5.72. The largest absolute Gasteiger partial charge is 0.398 e. The van der Waals surface area contributed by atoms with Crippen molar-refractivity contribution in [3.8, 4) is 0 Å². The van der Waals surface area contributed by atoms with E-state index >= 15 is 0 Å². The van der Waals surface area contributed by atoms with Gasteiger partial charge in [-0.25, -0.2) is 0 Å². The Morgan fingerprint density at radius 3 is 2.59 bits per heavy atom. The molecule has 0 spiro atoms. The van der Waals surface area contributed by atoms with Crippen LogP contribution in [0.4, 0.5) is 11.4 Å². The van der Waals surface area contributed by atoms with Crippen LogP contribution in [0.25, 0.3) is 0 Å². The monoisotopic (exact) mass is 237 g/mol. The van der Waals surface area contributed by atoms with Gasteiger partial charge in [0.05, 0.1) is 4.92 Å². The summed E-state index contributed by atoms with van der Waals surface area (Å²) in [6.07, 6.45) is 0. The van der Waals surface area contributed by atoms with Crippen molar-refractivity contribution < 1.29 is 4.92 Å². The van der Waals surface area contributed by atoms with Crippen molar-refractivity contribution in [3.05, 3.63) is 33.9 Å². The van der Waals surface area contributed by atoms with Gasteiger partial charge >= 0.3 is 0 Å². The van der Waals surface area contributed by atoms with Crippen LogP contribution in [-0.2, 0) is 6.54 Å². The standard InChI is InChI=1S/C12H19N3O2/c1-4-14(9(2)3)8-10-7-11(15(16)17)5-6-12(10)13/h5-7,9H,4,8,13H2,1-3H3. The van der Waals surface area contributed by atoms with Gasteiger partial charge in [0, 0.05) is 30.4 Å². The Labute approximate surface area is 101 Å². The lowest BCUT2D eigenvalue weighted by Crippen LogP contribution is -2.30. The van der Waals surface area contributed by atoms with Crippen LogP contribution in [0.5, 0.6) is 0 Å². The fourth-order valence-electron chi connectivity index (χ4n) is 1.72. The zero-order chi connectivity index (χ0) is 13.0. The molecule has 0 aliphatic heterocycles. The van der Waals surface area contributed by atoms with E-state index in [0.717, 1.165) is 12.1 Å². The second-order valence-corrected chi connectivity index (χ2v) is 4.30. The summed E-state index contributed by atoms with van der Waals surface area (Å²) in [5, 5.41) is 10.7. The van der Waals surface area contributed by atoms with E-state index < -0.39 is 4.92 Å². The predicted octanol–water partition coefficient (Wildman–Crippen LogP) is 2.41. The molecular weight excluding hydrogens is 218 g/mol. The minimum atomic E-state index is -0.394. The summed E-state index contributed by atoms with van der Waals surface area (Å²) >= 11 is 0. The molecular formula is C12H19N3O2. The van der Waals surface area contributed by atoms with Gasteiger partial charge in [-0.3, -0.25) is 15.0 Å². The van der Waals surface area contributed by atoms with Crippen LogP contribution < -0.4 is 5.73 Å². The predicted molar refractivity (Wildman–Crippen MR) is 68.7 cm³/mol. The first-order chi connectivity index (χ1) is 7.95. The van der Waals surface area contributed by atoms with E-state index in [0.29, 0.717) is 18.3 Å². The van der Waals surface area contributed by atoms with E-state index in [4.69, 9.17) is 5.73 Å². The molecule has 17 heavy (non-hydrogen) atoms. The van der Waals surface area contributed by atoms with Crippen LogP contribution >= 0.6 is 0 Å². The number of hydrogen-bond donors (Lipinski definition) is 1. The van der Waals surface area contributed by atoms with Gasteiger partial charge in [-0.2, -0.15) is 0 Å². The van der Waals surface area contributed by atoms with Gasteiger partial charge in [-0.05, 0) is 32.0 Å². The number of nitro benzene ring substituents is 1. The summed E-state index contributed by atoms with van der Waals surface area (Å²) in [6.45, 7) is 7.78. The van der Waals surface area contributed by atoms with Gasteiger partial charge in [0.15, 0.2) is 0 Å². The first kappa shape index (κ1) is 13.4. The molecule has 1 aromatic rings. The van der Waals surface area contributed by atoms with Crippen molar-refractivity contribution in [1.82, 2.24) is 4.90 Å². The highest BCUT2D eigenvalue weighted by Gasteiger charge is 2.13. The maximum atomic E-state index is 10.7. The number of nitro groups is 1. The zero-order valence-electron chi connectivity index (χ0n) is 10.5. The van der Waals surface area contributed by atoms with Crippen molar-refractivity contribution >= 4 is 11.4 Å². The summed E-state index contributed by atoms with van der Waals surface area (Å²) in [5.41, 5.74) is 7.36. The normalized spacial score (nSPS) is 11.1. The molecule has 0 radical (unpaired) electrons. The van der Waals surface area contributed by atoms with Gasteiger partial charge in [0.25, 0.3) is 5.69 Å². The maximum absolute atomic E-state index is 10.7. The summed E-state index contributed by atoms with van der Waals surface area (Å²) in [5.74, 6) is 0. The van der Waals surface area contributed by atoms with E-state index in [1.54, 1.807) is 12.1 Å². The molecule has 5 heteroatoms. The number of hydrogen-bond acceptors (Lipinski definition) is 4. The number of anilines is 1. The number of non-ortho nitro benzene ring substituents is 1. The Balaban J connectivity index is 2.96. The number of nitrogen functional groups attached to an aromatic ring is 1.